The van der Waals surface area contributed by atoms with Crippen LogP contribution >= 0.6 is 0 Å². The maximum absolute atomic E-state index is 14.1. The van der Waals surface area contributed by atoms with Gasteiger partial charge in [0.25, 0.3) is 0 Å². The summed E-state index contributed by atoms with van der Waals surface area (Å²) in [5, 5.41) is 0. The number of ether oxygens (including phenoxy) is 1. The molecule has 2 aliphatic rings. The van der Waals surface area contributed by atoms with E-state index in [4.69, 9.17) is 4.74 Å². The minimum Gasteiger partial charge on any atom is -0.496 e. The number of methoxy groups -OCH3 is 1. The number of piperazine rings is 1. The minimum absolute atomic E-state index is 0.152. The molecule has 0 unspecified atom stereocenters. The number of hydrogen-bond donors (Lipinski definition) is 0. The molecular weight excluding hydrogens is 393 g/mol. The van der Waals surface area contributed by atoms with Gasteiger partial charge in [-0.1, -0.05) is 30.3 Å². The number of benzene rings is 2. The van der Waals surface area contributed by atoms with Crippen LogP contribution in [0.3, 0.4) is 0 Å². The van der Waals surface area contributed by atoms with E-state index in [2.05, 4.69) is 9.80 Å². The number of likely N-dealkylation sites (tertiary alicyclic amines) is 1. The Balaban J connectivity index is 1.28. The van der Waals surface area contributed by atoms with Crippen LogP contribution in [0.15, 0.2) is 48.5 Å². The smallest absolute Gasteiger partial charge is 0.222 e. The Bertz CT molecular complexity index is 883. The molecule has 2 fully saturated rings. The van der Waals surface area contributed by atoms with Crippen molar-refractivity contribution in [1.82, 2.24) is 9.80 Å². The number of amides is 1. The first-order valence-electron chi connectivity index (χ1n) is 11.3. The maximum Gasteiger partial charge on any atom is 0.222 e. The topological polar surface area (TPSA) is 36.0 Å². The average molecular weight is 426 g/mol. The molecule has 0 aromatic heterocycles. The predicted molar refractivity (Wildman–Crippen MR) is 121 cm³/mol. The second-order valence-corrected chi connectivity index (χ2v) is 8.42. The highest BCUT2D eigenvalue weighted by Crippen LogP contribution is 2.24. The summed E-state index contributed by atoms with van der Waals surface area (Å²) in [5.41, 5.74) is 1.77. The molecule has 31 heavy (non-hydrogen) atoms. The Labute approximate surface area is 184 Å². The van der Waals surface area contributed by atoms with Crippen molar-refractivity contribution in [2.24, 2.45) is 0 Å². The molecule has 2 saturated heterocycles. The van der Waals surface area contributed by atoms with E-state index in [1.807, 2.05) is 41.3 Å². The molecule has 5 nitrogen and oxygen atoms in total. The number of carbonyl (C=O) groups is 1. The van der Waals surface area contributed by atoms with Gasteiger partial charge in [-0.15, -0.1) is 0 Å². The van der Waals surface area contributed by atoms with Crippen molar-refractivity contribution in [2.45, 2.75) is 31.7 Å². The van der Waals surface area contributed by atoms with Gasteiger partial charge in [0.15, 0.2) is 0 Å². The van der Waals surface area contributed by atoms with Crippen LogP contribution in [-0.2, 0) is 11.2 Å². The van der Waals surface area contributed by atoms with E-state index < -0.39 is 0 Å². The van der Waals surface area contributed by atoms with E-state index in [0.29, 0.717) is 24.6 Å². The predicted octanol–water partition coefficient (Wildman–Crippen LogP) is 3.58. The van der Waals surface area contributed by atoms with E-state index >= 15 is 0 Å². The van der Waals surface area contributed by atoms with Crippen LogP contribution in [0.4, 0.5) is 10.1 Å². The zero-order chi connectivity index (χ0) is 21.6. The molecule has 2 aliphatic heterocycles. The van der Waals surface area contributed by atoms with Crippen molar-refractivity contribution in [1.29, 1.82) is 0 Å². The number of para-hydroxylation sites is 2. The second kappa shape index (κ2) is 10.1. The van der Waals surface area contributed by atoms with Crippen molar-refractivity contribution < 1.29 is 13.9 Å². The summed E-state index contributed by atoms with van der Waals surface area (Å²) >= 11 is 0. The zero-order valence-corrected chi connectivity index (χ0v) is 18.3. The number of rotatable bonds is 6. The van der Waals surface area contributed by atoms with Crippen molar-refractivity contribution in [3.05, 3.63) is 59.9 Å². The van der Waals surface area contributed by atoms with E-state index in [9.17, 15) is 9.18 Å². The molecule has 2 aromatic rings. The molecule has 0 N–H and O–H groups in total. The fourth-order valence-electron chi connectivity index (χ4n) is 4.82. The Hall–Kier alpha value is -2.60. The highest BCUT2D eigenvalue weighted by molar-refractivity contribution is 5.76. The molecule has 2 aromatic carbocycles. The normalized spacial score (nSPS) is 20.0. The fourth-order valence-corrected chi connectivity index (χ4v) is 4.82. The zero-order valence-electron chi connectivity index (χ0n) is 18.3. The Morgan fingerprint density at radius 1 is 1.03 bits per heavy atom. The van der Waals surface area contributed by atoms with Crippen LogP contribution in [0.1, 0.15) is 24.8 Å². The highest BCUT2D eigenvalue weighted by atomic mass is 19.1. The van der Waals surface area contributed by atoms with Crippen LogP contribution in [0.5, 0.6) is 5.75 Å². The lowest BCUT2D eigenvalue weighted by molar-refractivity contribution is -0.133. The largest absolute Gasteiger partial charge is 0.496 e. The lowest BCUT2D eigenvalue weighted by atomic mass is 10.0. The second-order valence-electron chi connectivity index (χ2n) is 8.42. The van der Waals surface area contributed by atoms with Crippen molar-refractivity contribution >= 4 is 11.6 Å². The van der Waals surface area contributed by atoms with E-state index in [0.717, 1.165) is 63.4 Å². The number of aryl methyl sites for hydroxylation is 1. The molecule has 0 aliphatic carbocycles. The van der Waals surface area contributed by atoms with Crippen LogP contribution in [0.2, 0.25) is 0 Å². The number of nitrogens with zero attached hydrogens (tertiary/aromatic N) is 3. The summed E-state index contributed by atoms with van der Waals surface area (Å²) < 4.78 is 19.5. The number of hydrogen-bond acceptors (Lipinski definition) is 4. The van der Waals surface area contributed by atoms with Gasteiger partial charge in [-0.05, 0) is 43.0 Å². The van der Waals surface area contributed by atoms with Gasteiger partial charge in [-0.2, -0.15) is 0 Å². The summed E-state index contributed by atoms with van der Waals surface area (Å²) in [6.45, 7) is 5.09. The first-order valence-corrected chi connectivity index (χ1v) is 11.3. The Kier molecular flexibility index (Phi) is 7.07. The Morgan fingerprint density at radius 3 is 2.55 bits per heavy atom. The molecule has 6 heteroatoms. The Morgan fingerprint density at radius 2 is 1.77 bits per heavy atom. The first kappa shape index (κ1) is 21.6. The van der Waals surface area contributed by atoms with E-state index in [1.165, 1.54) is 6.07 Å². The van der Waals surface area contributed by atoms with Gasteiger partial charge in [0.1, 0.15) is 11.6 Å². The summed E-state index contributed by atoms with van der Waals surface area (Å²) in [4.78, 5) is 19.5. The summed E-state index contributed by atoms with van der Waals surface area (Å²) in [6, 6.07) is 15.3. The van der Waals surface area contributed by atoms with E-state index in [1.54, 1.807) is 13.2 Å². The number of piperidine rings is 1. The molecule has 0 saturated carbocycles. The minimum atomic E-state index is -0.152. The SMILES string of the molecule is COc1ccccc1CCC(=O)N1CCC[C@@H](N2CCN(c3ccccc3F)CC2)C1. The quantitative estimate of drug-likeness (QED) is 0.709. The third-order valence-corrected chi connectivity index (χ3v) is 6.57. The van der Waals surface area contributed by atoms with Crippen molar-refractivity contribution in [3.63, 3.8) is 0 Å². The summed E-state index contributed by atoms with van der Waals surface area (Å²) in [7, 11) is 1.67. The van der Waals surface area contributed by atoms with Gasteiger partial charge in [0, 0.05) is 51.7 Å². The molecular formula is C25H32FN3O2. The van der Waals surface area contributed by atoms with Crippen molar-refractivity contribution in [2.75, 3.05) is 51.3 Å². The molecule has 4 rings (SSSR count). The van der Waals surface area contributed by atoms with E-state index in [-0.39, 0.29) is 11.7 Å². The highest BCUT2D eigenvalue weighted by Gasteiger charge is 2.30. The number of anilines is 1. The monoisotopic (exact) mass is 425 g/mol. The lowest BCUT2D eigenvalue weighted by Gasteiger charge is -2.44. The van der Waals surface area contributed by atoms with Gasteiger partial charge < -0.3 is 14.5 Å². The van der Waals surface area contributed by atoms with Gasteiger partial charge in [0.05, 0.1) is 12.8 Å². The lowest BCUT2D eigenvalue weighted by Crippen LogP contribution is -2.56. The fraction of sp³-hybridized carbons (Fsp3) is 0.480. The van der Waals surface area contributed by atoms with Crippen LogP contribution < -0.4 is 9.64 Å². The number of halogens is 1. The molecule has 166 valence electrons. The van der Waals surface area contributed by atoms with Crippen LogP contribution in [0, 0.1) is 5.82 Å². The van der Waals surface area contributed by atoms with Crippen molar-refractivity contribution in [3.8, 4) is 5.75 Å². The molecule has 0 spiro atoms. The van der Waals surface area contributed by atoms with Gasteiger partial charge in [-0.3, -0.25) is 9.69 Å². The molecule has 1 amide bonds. The molecule has 2 heterocycles. The van der Waals surface area contributed by atoms with Gasteiger partial charge in [0.2, 0.25) is 5.91 Å². The molecule has 0 bridgehead atoms. The standard InChI is InChI=1S/C25H32FN3O2/c1-31-24-11-5-2-7-20(24)12-13-25(30)29-14-6-8-21(19-29)27-15-17-28(18-16-27)23-10-4-3-9-22(23)26/h2-5,7,9-11,21H,6,8,12-19H2,1H3/t21-/m1/s1. The van der Waals surface area contributed by atoms with Crippen LogP contribution in [-0.4, -0.2) is 68.1 Å². The average Bonchev–Trinajstić information content (AvgIpc) is 2.83. The third kappa shape index (κ3) is 5.18. The van der Waals surface area contributed by atoms with Gasteiger partial charge in [-0.25, -0.2) is 4.39 Å². The molecule has 0 radical (unpaired) electrons. The first-order chi connectivity index (χ1) is 15.2. The molecule has 1 atom stereocenters. The van der Waals surface area contributed by atoms with Gasteiger partial charge >= 0.3 is 0 Å². The summed E-state index contributed by atoms with van der Waals surface area (Å²) in [5.74, 6) is 0.917. The number of carbonyl (C=O) groups excluding carboxylic acids is 1. The third-order valence-electron chi connectivity index (χ3n) is 6.57. The summed E-state index contributed by atoms with van der Waals surface area (Å²) in [6.07, 6.45) is 3.37. The maximum atomic E-state index is 14.1. The van der Waals surface area contributed by atoms with Crippen LogP contribution in [0.25, 0.3) is 0 Å².